The van der Waals surface area contributed by atoms with Crippen molar-refractivity contribution >= 4 is 17.4 Å². The van der Waals surface area contributed by atoms with Crippen molar-refractivity contribution in [3.63, 3.8) is 0 Å². The van der Waals surface area contributed by atoms with Gasteiger partial charge in [0.2, 0.25) is 0 Å². The Bertz CT molecular complexity index is 444. The molecule has 2 saturated carbocycles. The fourth-order valence-corrected chi connectivity index (χ4v) is 5.74. The van der Waals surface area contributed by atoms with Crippen LogP contribution in [-0.2, 0) is 0 Å². The molecule has 4 heteroatoms. The van der Waals surface area contributed by atoms with Gasteiger partial charge in [-0.3, -0.25) is 4.99 Å². The number of alkyl halides is 1. The summed E-state index contributed by atoms with van der Waals surface area (Å²) in [6.07, 6.45) is 10.7. The predicted molar refractivity (Wildman–Crippen MR) is 97.3 cm³/mol. The molecule has 2 aliphatic carbocycles. The Morgan fingerprint density at radius 2 is 1.70 bits per heavy atom. The second-order valence-corrected chi connectivity index (χ2v) is 9.02. The number of aliphatic imine (C=N–C) groups is 1. The van der Waals surface area contributed by atoms with Crippen molar-refractivity contribution in [1.29, 1.82) is 0 Å². The third-order valence-corrected chi connectivity index (χ3v) is 7.26. The molecule has 0 aromatic heterocycles. The largest absolute Gasteiger partial charge is 0.358 e. The van der Waals surface area contributed by atoms with Crippen molar-refractivity contribution in [2.45, 2.75) is 62.8 Å². The van der Waals surface area contributed by atoms with Gasteiger partial charge in [0.05, 0.1) is 6.04 Å². The molecule has 3 nitrogen and oxygen atoms in total. The van der Waals surface area contributed by atoms with Crippen LogP contribution >= 0.6 is 11.6 Å². The van der Waals surface area contributed by atoms with E-state index in [0.29, 0.717) is 11.4 Å². The molecule has 3 fully saturated rings. The van der Waals surface area contributed by atoms with Gasteiger partial charge in [0, 0.05) is 37.5 Å². The van der Waals surface area contributed by atoms with Crippen LogP contribution < -0.4 is 0 Å². The first-order valence-electron chi connectivity index (χ1n) is 9.86. The maximum absolute atomic E-state index is 6.51. The normalized spacial score (nSPS) is 42.4. The highest BCUT2D eigenvalue weighted by Crippen LogP contribution is 2.44. The number of amidine groups is 1. The number of piperazine rings is 1. The first-order valence-corrected chi connectivity index (χ1v) is 10.3. The van der Waals surface area contributed by atoms with Crippen molar-refractivity contribution in [3.05, 3.63) is 0 Å². The van der Waals surface area contributed by atoms with E-state index in [0.717, 1.165) is 24.2 Å². The summed E-state index contributed by atoms with van der Waals surface area (Å²) in [5.41, 5.74) is 0. The van der Waals surface area contributed by atoms with E-state index in [2.05, 4.69) is 16.8 Å². The first kappa shape index (κ1) is 16.2. The Morgan fingerprint density at radius 3 is 2.52 bits per heavy atom. The van der Waals surface area contributed by atoms with Gasteiger partial charge in [-0.1, -0.05) is 12.8 Å². The molecule has 0 radical (unpaired) electrons. The number of likely N-dealkylation sites (N-methyl/N-ethyl adjacent to an activating group) is 1. The van der Waals surface area contributed by atoms with Crippen molar-refractivity contribution in [2.75, 3.05) is 33.2 Å². The number of hydrogen-bond acceptors (Lipinski definition) is 3. The van der Waals surface area contributed by atoms with Crippen LogP contribution in [0, 0.1) is 17.8 Å². The Hall–Kier alpha value is -0.280. The van der Waals surface area contributed by atoms with Gasteiger partial charge in [-0.2, -0.15) is 0 Å². The van der Waals surface area contributed by atoms with E-state index in [4.69, 9.17) is 16.6 Å². The van der Waals surface area contributed by atoms with Crippen LogP contribution in [0.15, 0.2) is 4.99 Å². The summed E-state index contributed by atoms with van der Waals surface area (Å²) >= 11 is 6.51. The maximum atomic E-state index is 6.51. The minimum absolute atomic E-state index is 0.355. The Balaban J connectivity index is 1.61. The molecule has 0 bridgehead atoms. The van der Waals surface area contributed by atoms with Crippen LogP contribution in [0.1, 0.15) is 51.4 Å². The molecule has 2 aliphatic heterocycles. The van der Waals surface area contributed by atoms with Crippen LogP contribution in [0.4, 0.5) is 0 Å². The van der Waals surface area contributed by atoms with E-state index in [1.54, 1.807) is 0 Å². The van der Waals surface area contributed by atoms with Gasteiger partial charge in [0.15, 0.2) is 0 Å². The highest BCUT2D eigenvalue weighted by Gasteiger charge is 2.41. The number of rotatable bonds is 0. The lowest BCUT2D eigenvalue weighted by atomic mass is 9.72. The number of fused-ring (bicyclic) bond motifs is 2. The topological polar surface area (TPSA) is 18.8 Å². The molecule has 4 rings (SSSR count). The van der Waals surface area contributed by atoms with Gasteiger partial charge in [0.25, 0.3) is 0 Å². The monoisotopic (exact) mass is 337 g/mol. The van der Waals surface area contributed by atoms with E-state index in [1.165, 1.54) is 77.0 Å². The minimum atomic E-state index is 0.355. The highest BCUT2D eigenvalue weighted by molar-refractivity contribution is 6.20. The number of hydrogen-bond donors (Lipinski definition) is 0. The van der Waals surface area contributed by atoms with E-state index >= 15 is 0 Å². The van der Waals surface area contributed by atoms with Gasteiger partial charge < -0.3 is 9.80 Å². The lowest BCUT2D eigenvalue weighted by molar-refractivity contribution is 0.188. The molecule has 2 heterocycles. The maximum Gasteiger partial charge on any atom is 0.103 e. The van der Waals surface area contributed by atoms with Crippen molar-refractivity contribution in [1.82, 2.24) is 9.80 Å². The average molecular weight is 338 g/mol. The molecule has 23 heavy (non-hydrogen) atoms. The van der Waals surface area contributed by atoms with Crippen LogP contribution in [0.5, 0.6) is 0 Å². The zero-order valence-corrected chi connectivity index (χ0v) is 15.3. The molecule has 0 spiro atoms. The van der Waals surface area contributed by atoms with E-state index in [9.17, 15) is 0 Å². The Kier molecular flexibility index (Phi) is 4.87. The van der Waals surface area contributed by atoms with Gasteiger partial charge in [0.1, 0.15) is 5.84 Å². The average Bonchev–Trinajstić information content (AvgIpc) is 2.72. The summed E-state index contributed by atoms with van der Waals surface area (Å²) < 4.78 is 0. The molecular formula is C19H32ClN3. The van der Waals surface area contributed by atoms with E-state index in [-0.39, 0.29) is 0 Å². The second kappa shape index (κ2) is 6.92. The van der Waals surface area contributed by atoms with Gasteiger partial charge in [-0.05, 0) is 57.4 Å². The smallest absolute Gasteiger partial charge is 0.103 e. The SMILES string of the molecule is CN1CCN(C2=NC3CC(Cl)CCC3CC3CCCCC23)CC1. The quantitative estimate of drug-likeness (QED) is 0.629. The zero-order chi connectivity index (χ0) is 15.8. The third kappa shape index (κ3) is 3.42. The molecule has 5 unspecified atom stereocenters. The lowest BCUT2D eigenvalue weighted by Gasteiger charge is -2.40. The number of halogens is 1. The summed E-state index contributed by atoms with van der Waals surface area (Å²) in [7, 11) is 2.24. The highest BCUT2D eigenvalue weighted by atomic mass is 35.5. The molecule has 5 atom stereocenters. The Morgan fingerprint density at radius 1 is 0.913 bits per heavy atom. The van der Waals surface area contributed by atoms with Crippen molar-refractivity contribution in [2.24, 2.45) is 22.7 Å². The molecule has 4 aliphatic rings. The molecule has 0 aromatic rings. The molecule has 0 N–H and O–H groups in total. The molecule has 130 valence electrons. The summed E-state index contributed by atoms with van der Waals surface area (Å²) in [6.45, 7) is 4.70. The molecule has 0 amide bonds. The Labute approximate surface area is 146 Å². The predicted octanol–water partition coefficient (Wildman–Crippen LogP) is 3.62. The van der Waals surface area contributed by atoms with E-state index < -0.39 is 0 Å². The third-order valence-electron chi connectivity index (χ3n) is 6.86. The summed E-state index contributed by atoms with van der Waals surface area (Å²) in [6, 6.07) is 0.506. The summed E-state index contributed by atoms with van der Waals surface area (Å²) in [5, 5.41) is 0.355. The van der Waals surface area contributed by atoms with Crippen LogP contribution in [-0.4, -0.2) is 60.3 Å². The molecular weight excluding hydrogens is 306 g/mol. The minimum Gasteiger partial charge on any atom is -0.358 e. The van der Waals surface area contributed by atoms with Crippen molar-refractivity contribution < 1.29 is 0 Å². The fraction of sp³-hybridized carbons (Fsp3) is 0.947. The van der Waals surface area contributed by atoms with Crippen LogP contribution in [0.25, 0.3) is 0 Å². The zero-order valence-electron chi connectivity index (χ0n) is 14.6. The van der Waals surface area contributed by atoms with Crippen molar-refractivity contribution in [3.8, 4) is 0 Å². The summed E-state index contributed by atoms with van der Waals surface area (Å²) in [5.74, 6) is 3.93. The number of nitrogens with zero attached hydrogens (tertiary/aromatic N) is 3. The fourth-order valence-electron chi connectivity index (χ4n) is 5.43. The molecule has 0 aromatic carbocycles. The first-order chi connectivity index (χ1) is 11.2. The van der Waals surface area contributed by atoms with E-state index in [1.807, 2.05) is 0 Å². The lowest BCUT2D eigenvalue weighted by Crippen LogP contribution is -2.50. The van der Waals surface area contributed by atoms with Gasteiger partial charge >= 0.3 is 0 Å². The van der Waals surface area contributed by atoms with Gasteiger partial charge in [-0.15, -0.1) is 11.6 Å². The standard InChI is InChI=1S/C19H32ClN3/c1-22-8-10-23(11-9-22)19-17-5-3-2-4-14(17)12-15-6-7-16(20)13-18(15)21-19/h14-18H,2-13H2,1H3. The van der Waals surface area contributed by atoms with Crippen LogP contribution in [0.2, 0.25) is 0 Å². The molecule has 1 saturated heterocycles. The van der Waals surface area contributed by atoms with Gasteiger partial charge in [-0.25, -0.2) is 0 Å². The second-order valence-electron chi connectivity index (χ2n) is 8.40. The van der Waals surface area contributed by atoms with Crippen LogP contribution in [0.3, 0.4) is 0 Å². The summed E-state index contributed by atoms with van der Waals surface area (Å²) in [4.78, 5) is 10.5.